The summed E-state index contributed by atoms with van der Waals surface area (Å²) in [6.45, 7) is 1.85. The topological polar surface area (TPSA) is 53.4 Å². The number of rotatable bonds is 8. The number of pyridine rings is 1. The molecular formula is C28H28F3N5O2. The molecule has 2 aliphatic heterocycles. The molecule has 0 N–H and O–H groups in total. The molecule has 198 valence electrons. The Morgan fingerprint density at radius 3 is 2.47 bits per heavy atom. The van der Waals surface area contributed by atoms with Gasteiger partial charge in [-0.3, -0.25) is 4.98 Å². The van der Waals surface area contributed by atoms with Crippen molar-refractivity contribution in [1.82, 2.24) is 19.7 Å². The molecule has 0 bridgehead atoms. The number of likely N-dealkylation sites (N-methyl/N-ethyl adjacent to an activating group) is 1. The van der Waals surface area contributed by atoms with Gasteiger partial charge in [0, 0.05) is 32.4 Å². The monoisotopic (exact) mass is 523 g/mol. The number of methoxy groups -OCH3 is 1. The van der Waals surface area contributed by atoms with Crippen molar-refractivity contribution in [3.8, 4) is 11.5 Å². The Morgan fingerprint density at radius 2 is 1.76 bits per heavy atom. The largest absolute Gasteiger partial charge is 0.573 e. The number of fused-ring (bicyclic) bond motifs is 1. The molecule has 10 heteroatoms. The molecule has 0 spiro atoms. The average molecular weight is 524 g/mol. The van der Waals surface area contributed by atoms with Crippen LogP contribution >= 0.6 is 0 Å². The van der Waals surface area contributed by atoms with Gasteiger partial charge in [-0.25, -0.2) is 4.99 Å². The minimum atomic E-state index is -4.74. The molecule has 0 fully saturated rings. The first kappa shape index (κ1) is 25.4. The minimum Gasteiger partial charge on any atom is -0.497 e. The number of aromatic nitrogens is 1. The summed E-state index contributed by atoms with van der Waals surface area (Å²) in [5.41, 5.74) is 3.66. The number of ether oxygens (including phenoxy) is 2. The Morgan fingerprint density at radius 1 is 0.947 bits per heavy atom. The molecule has 0 aliphatic carbocycles. The van der Waals surface area contributed by atoms with Crippen LogP contribution < -0.4 is 9.47 Å². The van der Waals surface area contributed by atoms with Gasteiger partial charge in [0.25, 0.3) is 0 Å². The van der Waals surface area contributed by atoms with Gasteiger partial charge < -0.3 is 24.2 Å². The van der Waals surface area contributed by atoms with E-state index in [1.165, 1.54) is 12.1 Å². The van der Waals surface area contributed by atoms with Crippen LogP contribution in [0.25, 0.3) is 0 Å². The van der Waals surface area contributed by atoms with Crippen LogP contribution in [0.5, 0.6) is 11.5 Å². The zero-order valence-corrected chi connectivity index (χ0v) is 21.1. The summed E-state index contributed by atoms with van der Waals surface area (Å²) in [5, 5.41) is 0. The molecule has 3 aromatic rings. The van der Waals surface area contributed by atoms with Crippen molar-refractivity contribution < 1.29 is 22.6 Å². The molecule has 0 saturated heterocycles. The first-order valence-corrected chi connectivity index (χ1v) is 12.2. The van der Waals surface area contributed by atoms with Crippen LogP contribution in [-0.2, 0) is 19.5 Å². The van der Waals surface area contributed by atoms with Gasteiger partial charge in [0.2, 0.25) is 0 Å². The van der Waals surface area contributed by atoms with E-state index in [2.05, 4.69) is 30.6 Å². The second-order valence-electron chi connectivity index (χ2n) is 9.23. The molecule has 1 aromatic heterocycles. The SMILES string of the molecule is COc1ccc(CN2C=C3C(=NC(Cc4cccc(OC(F)(F)F)c4)N3Cc3ccccn3)N(C)C2)cc1. The van der Waals surface area contributed by atoms with Crippen molar-refractivity contribution in [2.45, 2.75) is 32.0 Å². The number of amidine groups is 1. The highest BCUT2D eigenvalue weighted by Crippen LogP contribution is 2.32. The fraction of sp³-hybridized carbons (Fsp3) is 0.286. The molecule has 2 aliphatic rings. The van der Waals surface area contributed by atoms with Crippen molar-refractivity contribution >= 4 is 5.84 Å². The molecule has 3 heterocycles. The average Bonchev–Trinajstić information content (AvgIpc) is 3.21. The predicted molar refractivity (Wildman–Crippen MR) is 137 cm³/mol. The maximum absolute atomic E-state index is 12.8. The lowest BCUT2D eigenvalue weighted by Gasteiger charge is -2.36. The first-order valence-electron chi connectivity index (χ1n) is 12.2. The third-order valence-corrected chi connectivity index (χ3v) is 6.38. The van der Waals surface area contributed by atoms with Crippen molar-refractivity contribution in [3.63, 3.8) is 0 Å². The third kappa shape index (κ3) is 6.01. The highest BCUT2D eigenvalue weighted by Gasteiger charge is 2.36. The summed E-state index contributed by atoms with van der Waals surface area (Å²) in [4.78, 5) is 16.0. The highest BCUT2D eigenvalue weighted by atomic mass is 19.4. The molecule has 0 radical (unpaired) electrons. The molecule has 0 saturated carbocycles. The lowest BCUT2D eigenvalue weighted by molar-refractivity contribution is -0.274. The maximum Gasteiger partial charge on any atom is 0.573 e. The number of nitrogens with zero attached hydrogens (tertiary/aromatic N) is 5. The van der Waals surface area contributed by atoms with Gasteiger partial charge in [0.1, 0.15) is 17.7 Å². The van der Waals surface area contributed by atoms with E-state index in [-0.39, 0.29) is 11.9 Å². The number of aliphatic imine (C=N–C) groups is 1. The molecule has 2 aromatic carbocycles. The summed E-state index contributed by atoms with van der Waals surface area (Å²) < 4.78 is 47.7. The van der Waals surface area contributed by atoms with Crippen LogP contribution in [-0.4, -0.2) is 58.9 Å². The number of halogens is 3. The zero-order chi connectivity index (χ0) is 26.7. The fourth-order valence-corrected chi connectivity index (χ4v) is 4.70. The molecule has 7 nitrogen and oxygen atoms in total. The Bertz CT molecular complexity index is 1310. The number of benzene rings is 2. The lowest BCUT2D eigenvalue weighted by atomic mass is 10.1. The zero-order valence-electron chi connectivity index (χ0n) is 21.1. The summed E-state index contributed by atoms with van der Waals surface area (Å²) >= 11 is 0. The fourth-order valence-electron chi connectivity index (χ4n) is 4.70. The quantitative estimate of drug-likeness (QED) is 0.414. The van der Waals surface area contributed by atoms with Crippen LogP contribution in [0.2, 0.25) is 0 Å². The molecule has 5 rings (SSSR count). The second kappa shape index (κ2) is 10.6. The van der Waals surface area contributed by atoms with Gasteiger partial charge in [-0.2, -0.15) is 0 Å². The van der Waals surface area contributed by atoms with Crippen molar-refractivity contribution in [1.29, 1.82) is 0 Å². The predicted octanol–water partition coefficient (Wildman–Crippen LogP) is 5.02. The first-order chi connectivity index (χ1) is 18.3. The van der Waals surface area contributed by atoms with Crippen molar-refractivity contribution in [2.24, 2.45) is 4.99 Å². The standard InChI is InChI=1S/C28H28F3N5O2/c1-34-19-35(16-20-9-11-23(37-2)12-10-20)18-25-27(34)33-26(36(25)17-22-7-3-4-13-32-22)15-21-6-5-8-24(14-21)38-28(29,30)31/h3-14,18,26H,15-17,19H2,1-2H3. The van der Waals surface area contributed by atoms with Crippen LogP contribution in [0.3, 0.4) is 0 Å². The van der Waals surface area contributed by atoms with E-state index < -0.39 is 6.36 Å². The van der Waals surface area contributed by atoms with E-state index in [9.17, 15) is 13.2 Å². The Hall–Kier alpha value is -4.21. The second-order valence-corrected chi connectivity index (χ2v) is 9.23. The normalized spacial score (nSPS) is 17.2. The van der Waals surface area contributed by atoms with Gasteiger partial charge >= 0.3 is 6.36 Å². The Labute approximate surface area is 219 Å². The minimum absolute atomic E-state index is 0.239. The smallest absolute Gasteiger partial charge is 0.497 e. The van der Waals surface area contributed by atoms with Gasteiger partial charge in [-0.1, -0.05) is 30.3 Å². The van der Waals surface area contributed by atoms with Crippen LogP contribution in [0, 0.1) is 0 Å². The molecule has 1 unspecified atom stereocenters. The molecular weight excluding hydrogens is 495 g/mol. The van der Waals surface area contributed by atoms with Crippen molar-refractivity contribution in [3.05, 3.63) is 102 Å². The summed E-state index contributed by atoms with van der Waals surface area (Å²) in [5.74, 6) is 1.41. The number of hydrogen-bond acceptors (Lipinski definition) is 7. The molecule has 0 amide bonds. The summed E-state index contributed by atoms with van der Waals surface area (Å²) in [7, 11) is 3.64. The van der Waals surface area contributed by atoms with E-state index in [1.54, 1.807) is 25.4 Å². The van der Waals surface area contributed by atoms with Crippen molar-refractivity contribution in [2.75, 3.05) is 20.8 Å². The van der Waals surface area contributed by atoms with Gasteiger partial charge in [0.15, 0.2) is 5.84 Å². The van der Waals surface area contributed by atoms with E-state index in [0.717, 1.165) is 28.5 Å². The third-order valence-electron chi connectivity index (χ3n) is 6.38. The lowest BCUT2D eigenvalue weighted by Crippen LogP contribution is -2.43. The van der Waals surface area contributed by atoms with Crippen LogP contribution in [0.4, 0.5) is 13.2 Å². The van der Waals surface area contributed by atoms with E-state index in [0.29, 0.717) is 31.7 Å². The Kier molecular flexibility index (Phi) is 7.13. The van der Waals surface area contributed by atoms with Gasteiger partial charge in [0.05, 0.1) is 31.7 Å². The number of alkyl halides is 3. The van der Waals surface area contributed by atoms with Gasteiger partial charge in [-0.15, -0.1) is 13.2 Å². The summed E-state index contributed by atoms with van der Waals surface area (Å²) in [6.07, 6.45) is -0.794. The van der Waals surface area contributed by atoms with E-state index >= 15 is 0 Å². The summed E-state index contributed by atoms with van der Waals surface area (Å²) in [6, 6.07) is 19.8. The van der Waals surface area contributed by atoms with Crippen LogP contribution in [0.1, 0.15) is 16.8 Å². The van der Waals surface area contributed by atoms with Gasteiger partial charge in [-0.05, 0) is 47.5 Å². The van der Waals surface area contributed by atoms with E-state index in [1.807, 2.05) is 49.5 Å². The maximum atomic E-state index is 12.8. The highest BCUT2D eigenvalue weighted by molar-refractivity contribution is 5.99. The van der Waals surface area contributed by atoms with E-state index in [4.69, 9.17) is 9.73 Å². The molecule has 38 heavy (non-hydrogen) atoms. The number of hydrogen-bond donors (Lipinski definition) is 0. The Balaban J connectivity index is 1.42. The molecule has 1 atom stereocenters. The van der Waals surface area contributed by atoms with Crippen LogP contribution in [0.15, 0.2) is 89.8 Å².